The molecule has 5 heteroatoms. The third kappa shape index (κ3) is 4.04. The van der Waals surface area contributed by atoms with Crippen molar-refractivity contribution < 1.29 is 14.7 Å². The van der Waals surface area contributed by atoms with Crippen molar-refractivity contribution in [1.82, 2.24) is 5.32 Å². The number of carboxylic acids is 1. The van der Waals surface area contributed by atoms with E-state index < -0.39 is 5.97 Å². The van der Waals surface area contributed by atoms with Gasteiger partial charge >= 0.3 is 5.97 Å². The Morgan fingerprint density at radius 3 is 2.38 bits per heavy atom. The highest BCUT2D eigenvalue weighted by atomic mass is 32.2. The van der Waals surface area contributed by atoms with Gasteiger partial charge in [0.25, 0.3) is 0 Å². The van der Waals surface area contributed by atoms with Gasteiger partial charge in [0.05, 0.1) is 13.1 Å². The van der Waals surface area contributed by atoms with Crippen molar-refractivity contribution >= 4 is 23.5 Å². The van der Waals surface area contributed by atoms with Gasteiger partial charge in [-0.25, -0.2) is 0 Å². The summed E-state index contributed by atoms with van der Waals surface area (Å²) >= 11 is 1.61. The lowest BCUT2D eigenvalue weighted by molar-refractivity contribution is -0.135. The summed E-state index contributed by atoms with van der Waals surface area (Å²) in [7, 11) is 0. The minimum atomic E-state index is -0.967. The summed E-state index contributed by atoms with van der Waals surface area (Å²) in [4.78, 5) is 22.9. The van der Waals surface area contributed by atoms with Crippen LogP contribution in [-0.4, -0.2) is 36.2 Å². The van der Waals surface area contributed by atoms with Gasteiger partial charge in [0.2, 0.25) is 0 Å². The third-order valence-electron chi connectivity index (χ3n) is 1.97. The molecule has 86 valence electrons. The van der Waals surface area contributed by atoms with Gasteiger partial charge in [-0.3, -0.25) is 14.9 Å². The number of thioether (sulfide) groups is 1. The molecule has 0 fully saturated rings. The minimum absolute atomic E-state index is 0.0465. The standard InChI is InChI=1S/C11H13NO3S/c1-16-9-4-2-8(3-5-9)10(13)6-12-7-11(14)15/h2-5,12H,6-7H2,1H3,(H,14,15). The molecule has 0 aliphatic rings. The van der Waals surface area contributed by atoms with Crippen LogP contribution in [0.15, 0.2) is 29.2 Å². The number of carboxylic acid groups (broad SMARTS) is 1. The summed E-state index contributed by atoms with van der Waals surface area (Å²) < 4.78 is 0. The SMILES string of the molecule is CSc1ccc(C(=O)CNCC(=O)O)cc1. The molecule has 1 rings (SSSR count). The monoisotopic (exact) mass is 239 g/mol. The van der Waals surface area contributed by atoms with Crippen LogP contribution in [0.25, 0.3) is 0 Å². The summed E-state index contributed by atoms with van der Waals surface area (Å²) in [6.07, 6.45) is 1.96. The second-order valence-corrected chi connectivity index (χ2v) is 4.03. The zero-order valence-electron chi connectivity index (χ0n) is 8.90. The van der Waals surface area contributed by atoms with E-state index in [9.17, 15) is 9.59 Å². The summed E-state index contributed by atoms with van der Waals surface area (Å²) in [5.74, 6) is -1.07. The van der Waals surface area contributed by atoms with Crippen LogP contribution in [0, 0.1) is 0 Å². The number of Topliss-reactive ketones (excluding diaryl/α,β-unsaturated/α-hetero) is 1. The van der Waals surface area contributed by atoms with E-state index in [1.807, 2.05) is 18.4 Å². The molecule has 0 atom stereocenters. The molecule has 16 heavy (non-hydrogen) atoms. The highest BCUT2D eigenvalue weighted by Crippen LogP contribution is 2.14. The van der Waals surface area contributed by atoms with Crippen molar-refractivity contribution in [2.45, 2.75) is 4.90 Å². The van der Waals surface area contributed by atoms with E-state index in [0.717, 1.165) is 4.90 Å². The summed E-state index contributed by atoms with van der Waals surface area (Å²) in [6.45, 7) is -0.153. The number of ketones is 1. The average molecular weight is 239 g/mol. The molecule has 2 N–H and O–H groups in total. The van der Waals surface area contributed by atoms with Crippen LogP contribution in [0.2, 0.25) is 0 Å². The van der Waals surface area contributed by atoms with Gasteiger partial charge in [-0.15, -0.1) is 11.8 Å². The molecule has 0 spiro atoms. The van der Waals surface area contributed by atoms with Gasteiger partial charge in [0, 0.05) is 10.5 Å². The average Bonchev–Trinajstić information content (AvgIpc) is 2.28. The van der Waals surface area contributed by atoms with E-state index >= 15 is 0 Å². The van der Waals surface area contributed by atoms with Gasteiger partial charge in [0.15, 0.2) is 5.78 Å². The molecule has 0 amide bonds. The maximum absolute atomic E-state index is 11.6. The van der Waals surface area contributed by atoms with Crippen molar-refractivity contribution in [3.05, 3.63) is 29.8 Å². The second kappa shape index (κ2) is 6.30. The van der Waals surface area contributed by atoms with E-state index in [1.165, 1.54) is 0 Å². The Hall–Kier alpha value is -1.33. The van der Waals surface area contributed by atoms with Gasteiger partial charge in [-0.2, -0.15) is 0 Å². The zero-order valence-corrected chi connectivity index (χ0v) is 9.71. The minimum Gasteiger partial charge on any atom is -0.480 e. The van der Waals surface area contributed by atoms with Crippen LogP contribution in [0.4, 0.5) is 0 Å². The predicted octanol–water partition coefficient (Wildman–Crippen LogP) is 1.27. The molecular formula is C11H13NO3S. The Kier molecular flexibility index (Phi) is 5.01. The lowest BCUT2D eigenvalue weighted by Gasteiger charge is -2.02. The first-order valence-corrected chi connectivity index (χ1v) is 5.95. The topological polar surface area (TPSA) is 66.4 Å². The molecule has 0 unspecified atom stereocenters. The molecule has 4 nitrogen and oxygen atoms in total. The fourth-order valence-electron chi connectivity index (χ4n) is 1.16. The number of nitrogens with one attached hydrogen (secondary N) is 1. The fourth-order valence-corrected chi connectivity index (χ4v) is 1.57. The Morgan fingerprint density at radius 1 is 1.25 bits per heavy atom. The van der Waals surface area contributed by atoms with Crippen LogP contribution in [0.5, 0.6) is 0 Å². The molecule has 0 radical (unpaired) electrons. The molecule has 0 saturated carbocycles. The smallest absolute Gasteiger partial charge is 0.317 e. The van der Waals surface area contributed by atoms with Crippen LogP contribution < -0.4 is 5.32 Å². The van der Waals surface area contributed by atoms with E-state index in [1.54, 1.807) is 23.9 Å². The van der Waals surface area contributed by atoms with Gasteiger partial charge < -0.3 is 5.11 Å². The summed E-state index contributed by atoms with van der Waals surface area (Å²) in [5, 5.41) is 10.9. The van der Waals surface area contributed by atoms with Gasteiger partial charge in [-0.05, 0) is 18.4 Å². The van der Waals surface area contributed by atoms with E-state index in [0.29, 0.717) is 5.56 Å². The molecule has 0 heterocycles. The van der Waals surface area contributed by atoms with E-state index in [2.05, 4.69) is 5.32 Å². The number of hydrogen-bond acceptors (Lipinski definition) is 4. The highest BCUT2D eigenvalue weighted by Gasteiger charge is 2.05. The number of rotatable bonds is 6. The lowest BCUT2D eigenvalue weighted by atomic mass is 10.1. The number of carbonyl (C=O) groups excluding carboxylic acids is 1. The third-order valence-corrected chi connectivity index (χ3v) is 2.72. The molecule has 1 aromatic rings. The van der Waals surface area contributed by atoms with Crippen molar-refractivity contribution in [3.8, 4) is 0 Å². The summed E-state index contributed by atoms with van der Waals surface area (Å²) in [5.41, 5.74) is 0.593. The predicted molar refractivity (Wildman–Crippen MR) is 63.1 cm³/mol. The van der Waals surface area contributed by atoms with Crippen molar-refractivity contribution in [2.24, 2.45) is 0 Å². The molecular weight excluding hydrogens is 226 g/mol. The van der Waals surface area contributed by atoms with Crippen LogP contribution in [-0.2, 0) is 4.79 Å². The van der Waals surface area contributed by atoms with E-state index in [-0.39, 0.29) is 18.9 Å². The Bertz CT molecular complexity index is 375. The number of benzene rings is 1. The van der Waals surface area contributed by atoms with Crippen molar-refractivity contribution in [3.63, 3.8) is 0 Å². The Morgan fingerprint density at radius 2 is 1.88 bits per heavy atom. The molecule has 1 aromatic carbocycles. The largest absolute Gasteiger partial charge is 0.480 e. The molecule has 0 aliphatic heterocycles. The number of carbonyl (C=O) groups is 2. The fraction of sp³-hybridized carbons (Fsp3) is 0.273. The first-order valence-electron chi connectivity index (χ1n) is 4.73. The maximum Gasteiger partial charge on any atom is 0.317 e. The molecule has 0 bridgehead atoms. The second-order valence-electron chi connectivity index (χ2n) is 3.15. The molecule has 0 aliphatic carbocycles. The summed E-state index contributed by atoms with van der Waals surface area (Å²) in [6, 6.07) is 7.23. The molecule has 0 saturated heterocycles. The number of hydrogen-bond donors (Lipinski definition) is 2. The Balaban J connectivity index is 2.49. The Labute approximate surface area is 98.0 Å². The lowest BCUT2D eigenvalue weighted by Crippen LogP contribution is -2.28. The van der Waals surface area contributed by atoms with Crippen LogP contribution in [0.3, 0.4) is 0 Å². The van der Waals surface area contributed by atoms with Crippen molar-refractivity contribution in [1.29, 1.82) is 0 Å². The van der Waals surface area contributed by atoms with Crippen LogP contribution in [0.1, 0.15) is 10.4 Å². The maximum atomic E-state index is 11.6. The first kappa shape index (κ1) is 12.7. The zero-order chi connectivity index (χ0) is 12.0. The van der Waals surface area contributed by atoms with E-state index in [4.69, 9.17) is 5.11 Å². The highest BCUT2D eigenvalue weighted by molar-refractivity contribution is 7.98. The number of aliphatic carboxylic acids is 1. The molecule has 0 aromatic heterocycles. The normalized spacial score (nSPS) is 10.1. The van der Waals surface area contributed by atoms with Crippen LogP contribution >= 0.6 is 11.8 Å². The van der Waals surface area contributed by atoms with Gasteiger partial charge in [-0.1, -0.05) is 12.1 Å². The first-order chi connectivity index (χ1) is 7.63. The van der Waals surface area contributed by atoms with Crippen molar-refractivity contribution in [2.75, 3.05) is 19.3 Å². The quantitative estimate of drug-likeness (QED) is 0.578. The van der Waals surface area contributed by atoms with Gasteiger partial charge in [0.1, 0.15) is 0 Å².